The molecule has 1 heterocycles. The van der Waals surface area contributed by atoms with Gasteiger partial charge in [-0.15, -0.1) is 0 Å². The van der Waals surface area contributed by atoms with Crippen LogP contribution in [-0.4, -0.2) is 43.3 Å². The van der Waals surface area contributed by atoms with E-state index >= 15 is 0 Å². The number of hydrogen-bond donors (Lipinski definition) is 0. The summed E-state index contributed by atoms with van der Waals surface area (Å²) in [6.07, 6.45) is 2.32. The number of rotatable bonds is 5. The molecule has 21 heavy (non-hydrogen) atoms. The summed E-state index contributed by atoms with van der Waals surface area (Å²) < 4.78 is 23.3. The molecule has 0 spiro atoms. The average molecular weight is 309 g/mol. The third-order valence-electron chi connectivity index (χ3n) is 3.98. The summed E-state index contributed by atoms with van der Waals surface area (Å²) in [5.41, 5.74) is 1.84. The van der Waals surface area contributed by atoms with E-state index in [1.807, 2.05) is 31.2 Å². The zero-order valence-electron chi connectivity index (χ0n) is 12.7. The Bertz CT molecular complexity index is 592. The lowest BCUT2D eigenvalue weighted by Gasteiger charge is -2.28. The minimum absolute atomic E-state index is 0.0541. The molecule has 0 aromatic heterocycles. The molecule has 0 radical (unpaired) electrons. The van der Waals surface area contributed by atoms with E-state index in [4.69, 9.17) is 0 Å². The van der Waals surface area contributed by atoms with E-state index < -0.39 is 9.84 Å². The van der Waals surface area contributed by atoms with Crippen molar-refractivity contribution in [3.05, 3.63) is 35.4 Å². The van der Waals surface area contributed by atoms with Gasteiger partial charge in [0.15, 0.2) is 9.84 Å². The second kappa shape index (κ2) is 6.60. The maximum absolute atomic E-state index is 12.7. The Morgan fingerprint density at radius 2 is 1.90 bits per heavy atom. The molecular weight excluding hydrogens is 286 g/mol. The smallest absolute Gasteiger partial charge is 0.254 e. The van der Waals surface area contributed by atoms with Crippen molar-refractivity contribution in [1.82, 2.24) is 4.90 Å². The van der Waals surface area contributed by atoms with Crippen LogP contribution < -0.4 is 0 Å². The summed E-state index contributed by atoms with van der Waals surface area (Å²) in [5, 5.41) is 0. The highest BCUT2D eigenvalue weighted by molar-refractivity contribution is 7.91. The molecule has 1 saturated heterocycles. The number of nitrogens with zero attached hydrogens (tertiary/aromatic N) is 1. The van der Waals surface area contributed by atoms with E-state index in [0.717, 1.165) is 12.8 Å². The van der Waals surface area contributed by atoms with Crippen molar-refractivity contribution in [2.45, 2.75) is 39.2 Å². The van der Waals surface area contributed by atoms with E-state index in [1.165, 1.54) is 5.56 Å². The van der Waals surface area contributed by atoms with Crippen LogP contribution in [0.4, 0.5) is 0 Å². The van der Waals surface area contributed by atoms with Crippen molar-refractivity contribution in [3.8, 4) is 0 Å². The Morgan fingerprint density at radius 3 is 2.38 bits per heavy atom. The maximum atomic E-state index is 12.7. The Labute approximate surface area is 127 Å². The summed E-state index contributed by atoms with van der Waals surface area (Å²) in [4.78, 5) is 14.4. The Kier molecular flexibility index (Phi) is 5.04. The van der Waals surface area contributed by atoms with Crippen LogP contribution in [0.5, 0.6) is 0 Å². The second-order valence-corrected chi connectivity index (χ2v) is 7.83. The third-order valence-corrected chi connectivity index (χ3v) is 5.73. The molecule has 0 bridgehead atoms. The van der Waals surface area contributed by atoms with Gasteiger partial charge in [-0.2, -0.15) is 0 Å². The van der Waals surface area contributed by atoms with Crippen LogP contribution in [0, 0.1) is 0 Å². The molecule has 1 fully saturated rings. The van der Waals surface area contributed by atoms with E-state index in [1.54, 1.807) is 4.90 Å². The van der Waals surface area contributed by atoms with Crippen LogP contribution in [0.2, 0.25) is 0 Å². The van der Waals surface area contributed by atoms with Crippen LogP contribution in [0.25, 0.3) is 0 Å². The number of hydrogen-bond acceptors (Lipinski definition) is 3. The molecule has 116 valence electrons. The lowest BCUT2D eigenvalue weighted by atomic mass is 10.1. The lowest BCUT2D eigenvalue weighted by molar-refractivity contribution is 0.0697. The van der Waals surface area contributed by atoms with Gasteiger partial charge in [0.25, 0.3) is 5.91 Å². The van der Waals surface area contributed by atoms with Crippen molar-refractivity contribution in [1.29, 1.82) is 0 Å². The molecule has 2 rings (SSSR count). The summed E-state index contributed by atoms with van der Waals surface area (Å²) in [6, 6.07) is 7.43. The Balaban J connectivity index is 2.18. The molecular formula is C16H23NO3S. The van der Waals surface area contributed by atoms with Crippen LogP contribution in [0.1, 0.15) is 42.6 Å². The predicted octanol–water partition coefficient (Wildman–Crippen LogP) is 2.29. The van der Waals surface area contributed by atoms with Gasteiger partial charge in [0, 0.05) is 18.2 Å². The molecule has 1 aromatic rings. The van der Waals surface area contributed by atoms with Gasteiger partial charge in [-0.3, -0.25) is 4.79 Å². The fraction of sp³-hybridized carbons (Fsp3) is 0.562. The zero-order chi connectivity index (χ0) is 15.5. The van der Waals surface area contributed by atoms with Gasteiger partial charge in [-0.25, -0.2) is 8.42 Å². The molecule has 0 aliphatic carbocycles. The standard InChI is InChI=1S/C16H23NO3S/c1-3-10-17(15-9-11-21(19,20)12-15)16(18)14-7-5-13(4-2)6-8-14/h5-8,15H,3-4,9-12H2,1-2H3. The van der Waals surface area contributed by atoms with Crippen LogP contribution in [-0.2, 0) is 16.3 Å². The number of sulfone groups is 1. The third kappa shape index (κ3) is 3.84. The van der Waals surface area contributed by atoms with Gasteiger partial charge in [0.05, 0.1) is 11.5 Å². The first-order valence-electron chi connectivity index (χ1n) is 7.57. The highest BCUT2D eigenvalue weighted by Gasteiger charge is 2.34. The van der Waals surface area contributed by atoms with Gasteiger partial charge in [-0.1, -0.05) is 26.0 Å². The number of benzene rings is 1. The summed E-state index contributed by atoms with van der Waals surface area (Å²) >= 11 is 0. The highest BCUT2D eigenvalue weighted by Crippen LogP contribution is 2.20. The first kappa shape index (κ1) is 16.0. The topological polar surface area (TPSA) is 54.5 Å². The average Bonchev–Trinajstić information content (AvgIpc) is 2.84. The fourth-order valence-electron chi connectivity index (χ4n) is 2.76. The van der Waals surface area contributed by atoms with E-state index in [2.05, 4.69) is 6.92 Å². The van der Waals surface area contributed by atoms with Crippen LogP contribution in [0.15, 0.2) is 24.3 Å². The molecule has 0 saturated carbocycles. The number of amides is 1. The fourth-order valence-corrected chi connectivity index (χ4v) is 4.49. The number of aryl methyl sites for hydroxylation is 1. The monoisotopic (exact) mass is 309 g/mol. The molecule has 4 nitrogen and oxygen atoms in total. The van der Waals surface area contributed by atoms with E-state index in [0.29, 0.717) is 18.5 Å². The van der Waals surface area contributed by atoms with Crippen molar-refractivity contribution in [2.75, 3.05) is 18.1 Å². The molecule has 1 amide bonds. The maximum Gasteiger partial charge on any atom is 0.254 e. The normalized spacial score (nSPS) is 20.4. The highest BCUT2D eigenvalue weighted by atomic mass is 32.2. The quantitative estimate of drug-likeness (QED) is 0.838. The van der Waals surface area contributed by atoms with Crippen LogP contribution in [0.3, 0.4) is 0 Å². The SMILES string of the molecule is CCCN(C(=O)c1ccc(CC)cc1)C1CCS(=O)(=O)C1. The van der Waals surface area contributed by atoms with Crippen LogP contribution >= 0.6 is 0 Å². The minimum Gasteiger partial charge on any atom is -0.335 e. The molecule has 1 unspecified atom stereocenters. The van der Waals surface area contributed by atoms with Crippen molar-refractivity contribution >= 4 is 15.7 Å². The minimum atomic E-state index is -2.98. The first-order valence-corrected chi connectivity index (χ1v) is 9.39. The molecule has 1 atom stereocenters. The molecule has 5 heteroatoms. The van der Waals surface area contributed by atoms with Crippen molar-refractivity contribution in [3.63, 3.8) is 0 Å². The Hall–Kier alpha value is -1.36. The summed E-state index contributed by atoms with van der Waals surface area (Å²) in [7, 11) is -2.98. The number of carbonyl (C=O) groups excluding carboxylic acids is 1. The van der Waals surface area contributed by atoms with E-state index in [9.17, 15) is 13.2 Å². The largest absolute Gasteiger partial charge is 0.335 e. The molecule has 1 aliphatic heterocycles. The van der Waals surface area contributed by atoms with Crippen molar-refractivity contribution in [2.24, 2.45) is 0 Å². The van der Waals surface area contributed by atoms with E-state index in [-0.39, 0.29) is 23.5 Å². The van der Waals surface area contributed by atoms with Gasteiger partial charge in [-0.05, 0) is 37.0 Å². The molecule has 1 aliphatic rings. The van der Waals surface area contributed by atoms with Gasteiger partial charge in [0.2, 0.25) is 0 Å². The summed E-state index contributed by atoms with van der Waals surface area (Å²) in [5.74, 6) is 0.243. The van der Waals surface area contributed by atoms with Gasteiger partial charge < -0.3 is 4.90 Å². The predicted molar refractivity (Wildman–Crippen MR) is 84.2 cm³/mol. The zero-order valence-corrected chi connectivity index (χ0v) is 13.5. The lowest BCUT2D eigenvalue weighted by Crippen LogP contribution is -2.41. The molecule has 0 N–H and O–H groups in total. The van der Waals surface area contributed by atoms with Crippen molar-refractivity contribution < 1.29 is 13.2 Å². The molecule has 1 aromatic carbocycles. The summed E-state index contributed by atoms with van der Waals surface area (Å²) in [6.45, 7) is 4.68. The van der Waals surface area contributed by atoms with Gasteiger partial charge >= 0.3 is 0 Å². The first-order chi connectivity index (χ1) is 9.96. The second-order valence-electron chi connectivity index (χ2n) is 5.61. The number of carbonyl (C=O) groups is 1. The Morgan fingerprint density at radius 1 is 1.24 bits per heavy atom. The van der Waals surface area contributed by atoms with Gasteiger partial charge in [0.1, 0.15) is 0 Å².